The summed E-state index contributed by atoms with van der Waals surface area (Å²) in [7, 11) is 0. The monoisotopic (exact) mass is 1510 g/mol. The molecular weight excluding hydrogens is 1440 g/mol. The minimum atomic E-state index is 0.765. The highest BCUT2D eigenvalue weighted by molar-refractivity contribution is 6.30. The van der Waals surface area contributed by atoms with Gasteiger partial charge in [0.25, 0.3) is 0 Å². The fraction of sp³-hybridized carbons (Fsp3) is 0. The van der Waals surface area contributed by atoms with Crippen LogP contribution in [-0.2, 0) is 0 Å². The second-order valence-corrected chi connectivity index (χ2v) is 30.1. The molecule has 2 aromatic heterocycles. The number of fused-ring (bicyclic) bond motifs is 10. The van der Waals surface area contributed by atoms with Crippen LogP contribution in [0.25, 0.3) is 165 Å². The molecule has 2 heterocycles. The molecule has 4 nitrogen and oxygen atoms in total. The molecule has 0 saturated heterocycles. The van der Waals surface area contributed by atoms with Gasteiger partial charge in [-0.3, -0.25) is 0 Å². The number of hydrogen-bond acceptors (Lipinski definition) is 2. The van der Waals surface area contributed by atoms with Gasteiger partial charge >= 0.3 is 0 Å². The fourth-order valence-corrected chi connectivity index (χ4v) is 17.1. The average Bonchev–Trinajstić information content (AvgIpc) is 1.55. The zero-order valence-electron chi connectivity index (χ0n) is 64.1. The first-order valence-corrected chi connectivity index (χ1v) is 40.2. The van der Waals surface area contributed by atoms with E-state index in [1.165, 1.54) is 153 Å². The van der Waals surface area contributed by atoms with Crippen molar-refractivity contribution in [3.05, 3.63) is 466 Å². The van der Waals surface area contributed by atoms with Crippen LogP contribution in [0.1, 0.15) is 0 Å². The Hall–Kier alpha value is -15.1. The molecule has 0 aliphatic rings. The number of aromatic nitrogens is 2. The molecule has 0 amide bonds. The minimum absolute atomic E-state index is 0.765. The standard InChI is InChI=1S/C56H38N2.C34H24N2.C22H15Cl/c1-3-15-49-41(11-1)13-9-19-51(49)43-25-23-39(24-26-43)40-27-31-45(32-28-40)57(46-33-29-44(30-34-46)52-20-10-14-42-12-2-4-16-50(42)52)47-35-37-48(38-36-47)58-55-21-7-5-17-53(55)54-18-6-8-22-56(54)58;1-2-10-29-24(8-1)9-7-13-30(29)25-16-18-26(19-17-25)35-27-20-22-28(23-21-27)36-33-14-5-3-11-31(33)32-12-4-6-15-34(32)36;23-20-14-12-17(13-15-20)16-8-10-19(11-9-16)22-7-3-5-18-4-1-2-6-21(18)22/h1-38H;1-23,35H;1-15H. The van der Waals surface area contributed by atoms with Gasteiger partial charge in [-0.2, -0.15) is 0 Å². The van der Waals surface area contributed by atoms with Crippen molar-refractivity contribution in [1.82, 2.24) is 9.13 Å². The third kappa shape index (κ3) is 14.1. The third-order valence-corrected chi connectivity index (χ3v) is 23.0. The predicted octanol–water partition coefficient (Wildman–Crippen LogP) is 31.7. The molecule has 0 bridgehead atoms. The maximum Gasteiger partial charge on any atom is 0.0541 e. The van der Waals surface area contributed by atoms with Gasteiger partial charge in [-0.25, -0.2) is 0 Å². The maximum absolute atomic E-state index is 5.96. The number of para-hydroxylation sites is 4. The molecule has 22 rings (SSSR count). The normalized spacial score (nSPS) is 11.3. The van der Waals surface area contributed by atoms with Gasteiger partial charge in [0.05, 0.1) is 22.1 Å². The van der Waals surface area contributed by atoms with E-state index in [4.69, 9.17) is 11.6 Å². The van der Waals surface area contributed by atoms with E-state index in [2.05, 4.69) is 468 Å². The molecule has 5 heteroatoms. The Morgan fingerprint density at radius 1 is 0.179 bits per heavy atom. The average molecular weight is 1510 g/mol. The quantitative estimate of drug-likeness (QED) is 0.124. The van der Waals surface area contributed by atoms with Gasteiger partial charge in [0, 0.05) is 66.4 Å². The molecule has 0 fully saturated rings. The van der Waals surface area contributed by atoms with Crippen molar-refractivity contribution in [3.8, 4) is 78.1 Å². The van der Waals surface area contributed by atoms with Gasteiger partial charge in [0.2, 0.25) is 0 Å². The van der Waals surface area contributed by atoms with Crippen LogP contribution in [0.2, 0.25) is 5.02 Å². The second kappa shape index (κ2) is 31.5. The lowest BCUT2D eigenvalue weighted by Gasteiger charge is -2.26. The number of benzene rings is 20. The summed E-state index contributed by atoms with van der Waals surface area (Å²) >= 11 is 5.96. The number of anilines is 5. The number of halogens is 1. The van der Waals surface area contributed by atoms with Gasteiger partial charge in [0.1, 0.15) is 0 Å². The lowest BCUT2D eigenvalue weighted by molar-refractivity contribution is 1.17. The lowest BCUT2D eigenvalue weighted by atomic mass is 9.96. The molecule has 0 saturated carbocycles. The van der Waals surface area contributed by atoms with Crippen LogP contribution < -0.4 is 10.2 Å². The van der Waals surface area contributed by atoms with Crippen LogP contribution in [-0.4, -0.2) is 9.13 Å². The van der Waals surface area contributed by atoms with Crippen LogP contribution in [0.4, 0.5) is 28.4 Å². The number of nitrogens with one attached hydrogen (secondary N) is 1. The van der Waals surface area contributed by atoms with Crippen LogP contribution in [0.15, 0.2) is 461 Å². The summed E-state index contributed by atoms with van der Waals surface area (Å²) < 4.78 is 4.71. The highest BCUT2D eigenvalue weighted by Gasteiger charge is 2.19. The molecule has 1 N–H and O–H groups in total. The van der Waals surface area contributed by atoms with E-state index in [9.17, 15) is 0 Å². The van der Waals surface area contributed by atoms with Crippen molar-refractivity contribution in [2.45, 2.75) is 0 Å². The van der Waals surface area contributed by atoms with Gasteiger partial charge in [-0.1, -0.05) is 351 Å². The van der Waals surface area contributed by atoms with Crippen LogP contribution in [0.3, 0.4) is 0 Å². The Labute approximate surface area is 685 Å². The second-order valence-electron chi connectivity index (χ2n) is 29.7. The molecule has 0 spiro atoms. The summed E-state index contributed by atoms with van der Waals surface area (Å²) in [5, 5.41) is 19.5. The van der Waals surface area contributed by atoms with Crippen LogP contribution >= 0.6 is 11.6 Å². The van der Waals surface area contributed by atoms with E-state index in [-0.39, 0.29) is 0 Å². The Morgan fingerprint density at radius 3 is 0.709 bits per heavy atom. The molecule has 20 aromatic carbocycles. The number of rotatable bonds is 13. The van der Waals surface area contributed by atoms with Crippen molar-refractivity contribution in [1.29, 1.82) is 0 Å². The Kier molecular flexibility index (Phi) is 19.1. The van der Waals surface area contributed by atoms with Gasteiger partial charge in [0.15, 0.2) is 0 Å². The predicted molar refractivity (Wildman–Crippen MR) is 500 cm³/mol. The minimum Gasteiger partial charge on any atom is -0.356 e. The van der Waals surface area contributed by atoms with Crippen molar-refractivity contribution < 1.29 is 0 Å². The summed E-state index contributed by atoms with van der Waals surface area (Å²) in [6.45, 7) is 0. The summed E-state index contributed by atoms with van der Waals surface area (Å²) in [5.41, 5.74) is 27.2. The first-order chi connectivity index (χ1) is 57.9. The van der Waals surface area contributed by atoms with E-state index in [1.54, 1.807) is 0 Å². The topological polar surface area (TPSA) is 25.1 Å². The Balaban J connectivity index is 0.000000126. The maximum atomic E-state index is 5.96. The van der Waals surface area contributed by atoms with Gasteiger partial charge in [-0.15, -0.1) is 0 Å². The molecule has 0 aliphatic carbocycles. The zero-order valence-corrected chi connectivity index (χ0v) is 64.9. The summed E-state index contributed by atoms with van der Waals surface area (Å²) in [5.74, 6) is 0. The highest BCUT2D eigenvalue weighted by Crippen LogP contribution is 2.42. The summed E-state index contributed by atoms with van der Waals surface area (Å²) in [6, 6.07) is 165. The molecular formula is C112H77ClN4. The van der Waals surface area contributed by atoms with E-state index in [0.29, 0.717) is 0 Å². The van der Waals surface area contributed by atoms with Crippen molar-refractivity contribution in [2.75, 3.05) is 10.2 Å². The number of hydrogen-bond donors (Lipinski definition) is 1. The Morgan fingerprint density at radius 2 is 0.393 bits per heavy atom. The molecule has 0 radical (unpaired) electrons. The Bertz CT molecular complexity index is 7220. The smallest absolute Gasteiger partial charge is 0.0541 e. The van der Waals surface area contributed by atoms with Crippen molar-refractivity contribution >= 4 is 127 Å². The molecule has 552 valence electrons. The lowest BCUT2D eigenvalue weighted by Crippen LogP contribution is -2.10. The largest absolute Gasteiger partial charge is 0.356 e. The molecule has 0 aliphatic heterocycles. The summed E-state index contributed by atoms with van der Waals surface area (Å²) in [6.07, 6.45) is 0. The zero-order chi connectivity index (χ0) is 78.0. The third-order valence-electron chi connectivity index (χ3n) is 22.8. The van der Waals surface area contributed by atoms with Crippen LogP contribution in [0.5, 0.6) is 0 Å². The highest BCUT2D eigenvalue weighted by atomic mass is 35.5. The SMILES string of the molecule is Clc1ccc(-c2ccc(-c3cccc4ccccc34)cc2)cc1.c1ccc2c(-c3ccc(-c4ccc(N(c5ccc(-c6cccc7ccccc67)cc5)c5ccc(-n6c7ccccc7c7ccccc76)cc5)cc4)cc3)cccc2c1.c1ccc2c(-c3ccc(Nc4ccc(-n5c6ccccc6c6ccccc65)cc4)cc3)cccc2c1. The van der Waals surface area contributed by atoms with E-state index >= 15 is 0 Å². The first kappa shape index (κ1) is 71.0. The van der Waals surface area contributed by atoms with Crippen molar-refractivity contribution in [2.24, 2.45) is 0 Å². The first-order valence-electron chi connectivity index (χ1n) is 39.9. The van der Waals surface area contributed by atoms with E-state index < -0.39 is 0 Å². The summed E-state index contributed by atoms with van der Waals surface area (Å²) in [4.78, 5) is 2.36. The van der Waals surface area contributed by atoms with E-state index in [1.807, 2.05) is 12.1 Å². The van der Waals surface area contributed by atoms with Gasteiger partial charge in [-0.05, 0) is 231 Å². The number of nitrogens with zero attached hydrogens (tertiary/aromatic N) is 3. The van der Waals surface area contributed by atoms with Crippen molar-refractivity contribution in [3.63, 3.8) is 0 Å². The van der Waals surface area contributed by atoms with Crippen LogP contribution in [0, 0.1) is 0 Å². The molecule has 22 aromatic rings. The fourth-order valence-electron chi connectivity index (χ4n) is 17.0. The molecule has 117 heavy (non-hydrogen) atoms. The van der Waals surface area contributed by atoms with Gasteiger partial charge < -0.3 is 19.4 Å². The molecule has 0 unspecified atom stereocenters. The molecule has 0 atom stereocenters. The van der Waals surface area contributed by atoms with E-state index in [0.717, 1.165) is 44.8 Å².